The normalized spacial score (nSPS) is 19.1. The number of carbonyl (C=O) groups is 1. The van der Waals surface area contributed by atoms with Gasteiger partial charge in [0, 0.05) is 43.5 Å². The van der Waals surface area contributed by atoms with Gasteiger partial charge in [0.05, 0.1) is 22.3 Å². The van der Waals surface area contributed by atoms with E-state index in [1.54, 1.807) is 6.07 Å². The van der Waals surface area contributed by atoms with Crippen molar-refractivity contribution in [2.75, 3.05) is 29.6 Å². The number of hydrogen-bond acceptors (Lipinski definition) is 7. The maximum absolute atomic E-state index is 13.6. The molecule has 0 spiro atoms. The van der Waals surface area contributed by atoms with E-state index in [1.165, 1.54) is 12.1 Å². The van der Waals surface area contributed by atoms with E-state index in [2.05, 4.69) is 34.9 Å². The third kappa shape index (κ3) is 4.19. The summed E-state index contributed by atoms with van der Waals surface area (Å²) >= 11 is 0. The molecule has 0 fully saturated rings. The number of nitro benzene ring substituents is 1. The molecule has 0 saturated carbocycles. The largest absolute Gasteiger partial charge is 0.502 e. The van der Waals surface area contributed by atoms with Crippen molar-refractivity contribution in [3.05, 3.63) is 99.2 Å². The molecule has 35 heavy (non-hydrogen) atoms. The first kappa shape index (κ1) is 22.5. The molecule has 8 nitrogen and oxygen atoms in total. The number of Topliss-reactive ketones (excluding diaryl/α,β-unsaturated/α-hetero) is 1. The number of benzene rings is 3. The van der Waals surface area contributed by atoms with Gasteiger partial charge in [-0.3, -0.25) is 14.9 Å². The minimum absolute atomic E-state index is 0.0125. The van der Waals surface area contributed by atoms with Gasteiger partial charge in [-0.15, -0.1) is 0 Å². The fourth-order valence-electron chi connectivity index (χ4n) is 4.89. The van der Waals surface area contributed by atoms with Gasteiger partial charge in [0.2, 0.25) is 0 Å². The van der Waals surface area contributed by atoms with Crippen molar-refractivity contribution < 1.29 is 14.8 Å². The van der Waals surface area contributed by atoms with E-state index in [0.29, 0.717) is 24.0 Å². The van der Waals surface area contributed by atoms with Gasteiger partial charge in [-0.1, -0.05) is 30.3 Å². The number of nitro groups is 1. The molecule has 0 saturated heterocycles. The number of rotatable bonds is 4. The average molecular weight is 471 g/mol. The lowest BCUT2D eigenvalue weighted by Gasteiger charge is -2.30. The summed E-state index contributed by atoms with van der Waals surface area (Å²) < 4.78 is 0. The first-order valence-electron chi connectivity index (χ1n) is 11.4. The number of phenols is 1. The maximum Gasteiger partial charge on any atom is 0.311 e. The third-order valence-corrected chi connectivity index (χ3v) is 6.72. The molecule has 2 atom stereocenters. The summed E-state index contributed by atoms with van der Waals surface area (Å²) in [5.74, 6) is -0.400. The molecular formula is C27H26N4O4. The van der Waals surface area contributed by atoms with Gasteiger partial charge in [-0.2, -0.15) is 0 Å². The van der Waals surface area contributed by atoms with Crippen molar-refractivity contribution in [1.29, 1.82) is 0 Å². The summed E-state index contributed by atoms with van der Waals surface area (Å²) in [6.45, 7) is 0. The molecule has 0 bridgehead atoms. The molecule has 8 heteroatoms. The van der Waals surface area contributed by atoms with Crippen molar-refractivity contribution in [2.24, 2.45) is 0 Å². The molecular weight excluding hydrogens is 444 g/mol. The smallest absolute Gasteiger partial charge is 0.311 e. The number of para-hydroxylation sites is 2. The van der Waals surface area contributed by atoms with Crippen LogP contribution in [0.3, 0.4) is 0 Å². The van der Waals surface area contributed by atoms with Crippen molar-refractivity contribution in [3.8, 4) is 5.75 Å². The lowest BCUT2D eigenvalue weighted by molar-refractivity contribution is -0.385. The monoisotopic (exact) mass is 470 g/mol. The van der Waals surface area contributed by atoms with Crippen LogP contribution in [-0.2, 0) is 4.79 Å². The Balaban J connectivity index is 1.58. The summed E-state index contributed by atoms with van der Waals surface area (Å²) in [7, 11) is 3.98. The fraction of sp³-hybridized carbons (Fsp3) is 0.222. The molecule has 1 heterocycles. The number of nitrogens with zero attached hydrogens (tertiary/aromatic N) is 2. The first-order chi connectivity index (χ1) is 16.8. The number of carbonyl (C=O) groups excluding carboxylic acids is 1. The zero-order chi connectivity index (χ0) is 24.7. The Hall–Kier alpha value is -4.33. The number of fused-ring (bicyclic) bond motifs is 1. The van der Waals surface area contributed by atoms with Crippen LogP contribution in [-0.4, -0.2) is 29.9 Å². The fourth-order valence-corrected chi connectivity index (χ4v) is 4.89. The summed E-state index contributed by atoms with van der Waals surface area (Å²) in [5.41, 5.74) is 5.36. The van der Waals surface area contributed by atoms with Gasteiger partial charge in [-0.25, -0.2) is 0 Å². The van der Waals surface area contributed by atoms with Crippen molar-refractivity contribution >= 4 is 28.5 Å². The van der Waals surface area contributed by atoms with Crippen molar-refractivity contribution in [3.63, 3.8) is 0 Å². The van der Waals surface area contributed by atoms with Gasteiger partial charge in [0.15, 0.2) is 11.5 Å². The second-order valence-electron chi connectivity index (χ2n) is 9.16. The topological polar surface area (TPSA) is 108 Å². The van der Waals surface area contributed by atoms with Gasteiger partial charge < -0.3 is 20.6 Å². The summed E-state index contributed by atoms with van der Waals surface area (Å²) in [5, 5.41) is 28.3. The van der Waals surface area contributed by atoms with Gasteiger partial charge in [-0.05, 0) is 53.8 Å². The number of aromatic hydroxyl groups is 1. The van der Waals surface area contributed by atoms with E-state index in [9.17, 15) is 20.0 Å². The lowest BCUT2D eigenvalue weighted by atomic mass is 9.78. The van der Waals surface area contributed by atoms with E-state index in [0.717, 1.165) is 28.3 Å². The molecule has 0 radical (unpaired) electrons. The Kier molecular flexibility index (Phi) is 5.64. The van der Waals surface area contributed by atoms with Crippen LogP contribution in [0.15, 0.2) is 78.0 Å². The Morgan fingerprint density at radius 3 is 2.34 bits per heavy atom. The van der Waals surface area contributed by atoms with Crippen LogP contribution < -0.4 is 15.5 Å². The highest BCUT2D eigenvalue weighted by molar-refractivity contribution is 6.01. The van der Waals surface area contributed by atoms with Crippen LogP contribution in [0, 0.1) is 10.1 Å². The minimum Gasteiger partial charge on any atom is -0.502 e. The van der Waals surface area contributed by atoms with Crippen molar-refractivity contribution in [1.82, 2.24) is 0 Å². The number of anilines is 3. The summed E-state index contributed by atoms with van der Waals surface area (Å²) in [4.78, 5) is 26.5. The number of ketones is 1. The van der Waals surface area contributed by atoms with Crippen LogP contribution in [0.25, 0.3) is 0 Å². The molecule has 0 aromatic heterocycles. The molecule has 5 rings (SSSR count). The number of hydrogen-bond donors (Lipinski definition) is 3. The highest BCUT2D eigenvalue weighted by atomic mass is 16.6. The van der Waals surface area contributed by atoms with Crippen molar-refractivity contribution in [2.45, 2.75) is 24.8 Å². The summed E-state index contributed by atoms with van der Waals surface area (Å²) in [6.07, 6.45) is 0.978. The molecule has 3 N–H and O–H groups in total. The lowest BCUT2D eigenvalue weighted by Crippen LogP contribution is -2.27. The van der Waals surface area contributed by atoms with E-state index in [1.807, 2.05) is 43.3 Å². The van der Waals surface area contributed by atoms with Gasteiger partial charge >= 0.3 is 5.69 Å². The van der Waals surface area contributed by atoms with Gasteiger partial charge in [0.25, 0.3) is 0 Å². The quantitative estimate of drug-likeness (QED) is 0.349. The Morgan fingerprint density at radius 2 is 1.66 bits per heavy atom. The van der Waals surface area contributed by atoms with E-state index < -0.39 is 16.7 Å². The highest BCUT2D eigenvalue weighted by Crippen LogP contribution is 2.45. The SMILES string of the molecule is CN(C)c1ccc(C2CC(=O)C3=C(C2)Nc2ccccc2NC3c2ccc(O)c([N+](=O)[O-])c2)cc1. The predicted molar refractivity (Wildman–Crippen MR) is 136 cm³/mol. The molecule has 3 aromatic carbocycles. The molecule has 2 aliphatic rings. The summed E-state index contributed by atoms with van der Waals surface area (Å²) in [6, 6.07) is 19.6. The van der Waals surface area contributed by atoms with Crippen LogP contribution >= 0.6 is 0 Å². The zero-order valence-corrected chi connectivity index (χ0v) is 19.5. The van der Waals surface area contributed by atoms with Crippen LogP contribution in [0.5, 0.6) is 5.75 Å². The molecule has 178 valence electrons. The van der Waals surface area contributed by atoms with Gasteiger partial charge in [0.1, 0.15) is 0 Å². The maximum atomic E-state index is 13.6. The number of phenolic OH excluding ortho intramolecular Hbond substituents is 1. The van der Waals surface area contributed by atoms with Crippen LogP contribution in [0.1, 0.15) is 35.9 Å². The standard InChI is InChI=1S/C27H26N4O4/c1-30(2)19-10-7-16(8-11-19)18-13-22-26(25(33)15-18)27(29-21-6-4-3-5-20(21)28-22)17-9-12-24(32)23(14-17)31(34)35/h3-12,14,18,27-29,32H,13,15H2,1-2H3. The Bertz CT molecular complexity index is 1350. The van der Waals surface area contributed by atoms with E-state index in [-0.39, 0.29) is 17.4 Å². The second kappa shape index (κ2) is 8.79. The predicted octanol–water partition coefficient (Wildman–Crippen LogP) is 5.35. The molecule has 2 unspecified atom stereocenters. The third-order valence-electron chi connectivity index (χ3n) is 6.72. The molecule has 3 aromatic rings. The van der Waals surface area contributed by atoms with E-state index >= 15 is 0 Å². The van der Waals surface area contributed by atoms with Crippen LogP contribution in [0.2, 0.25) is 0 Å². The molecule has 1 aliphatic carbocycles. The first-order valence-corrected chi connectivity index (χ1v) is 11.4. The molecule has 0 amide bonds. The second-order valence-corrected chi connectivity index (χ2v) is 9.16. The highest BCUT2D eigenvalue weighted by Gasteiger charge is 2.36. The zero-order valence-electron chi connectivity index (χ0n) is 19.5. The molecule has 1 aliphatic heterocycles. The number of nitrogens with one attached hydrogen (secondary N) is 2. The number of allylic oxidation sites excluding steroid dienone is 1. The Labute approximate surface area is 203 Å². The van der Waals surface area contributed by atoms with E-state index in [4.69, 9.17) is 0 Å². The Morgan fingerprint density at radius 1 is 0.971 bits per heavy atom. The average Bonchev–Trinajstić information content (AvgIpc) is 3.01. The minimum atomic E-state index is -0.618. The van der Waals surface area contributed by atoms with Crippen LogP contribution in [0.4, 0.5) is 22.7 Å².